The largest absolute Gasteiger partial charge is 0.473 e. The van der Waals surface area contributed by atoms with Crippen molar-refractivity contribution in [2.24, 2.45) is 0 Å². The highest BCUT2D eigenvalue weighted by Gasteiger charge is 2.16. The van der Waals surface area contributed by atoms with Gasteiger partial charge in [0.25, 0.3) is 0 Å². The third-order valence-corrected chi connectivity index (χ3v) is 6.22. The Labute approximate surface area is 197 Å². The highest BCUT2D eigenvalue weighted by atomic mass is 35.5. The number of aromatic nitrogens is 2. The van der Waals surface area contributed by atoms with Crippen LogP contribution in [0.25, 0.3) is 0 Å². The van der Waals surface area contributed by atoms with Crippen molar-refractivity contribution in [1.82, 2.24) is 9.55 Å². The number of rotatable bonds is 6. The van der Waals surface area contributed by atoms with Crippen LogP contribution in [0.3, 0.4) is 0 Å². The predicted molar refractivity (Wildman–Crippen MR) is 127 cm³/mol. The number of benzene rings is 2. The van der Waals surface area contributed by atoms with E-state index in [2.05, 4.69) is 66.7 Å². The van der Waals surface area contributed by atoms with Gasteiger partial charge in [0.2, 0.25) is 0 Å². The summed E-state index contributed by atoms with van der Waals surface area (Å²) in [6.45, 7) is 7.69. The van der Waals surface area contributed by atoms with E-state index >= 15 is 0 Å². The Balaban J connectivity index is 0.000000534. The van der Waals surface area contributed by atoms with Crippen LogP contribution in [0, 0.1) is 0 Å². The molecule has 32 heavy (non-hydrogen) atoms. The standard InChI is InChI=1S/C22H25ClN2S.C2H2O4/c1-22(2,3)18-6-10-20(11-7-18)26-21(12-14-25-15-13-24-16-25)17-4-8-19(23)9-5-17;3-1(4)2(5)6/h4-11,13,15-16,21H,12,14H2,1-3H3;(H,3,4)(H,5,6). The lowest BCUT2D eigenvalue weighted by molar-refractivity contribution is -0.159. The quantitative estimate of drug-likeness (QED) is 0.340. The number of aryl methyl sites for hydroxylation is 1. The maximum Gasteiger partial charge on any atom is 0.414 e. The van der Waals surface area contributed by atoms with E-state index in [-0.39, 0.29) is 5.41 Å². The molecule has 3 aromatic rings. The monoisotopic (exact) mass is 474 g/mol. The van der Waals surface area contributed by atoms with Crippen molar-refractivity contribution in [3.8, 4) is 0 Å². The number of hydrogen-bond acceptors (Lipinski definition) is 4. The zero-order chi connectivity index (χ0) is 23.7. The molecule has 0 bridgehead atoms. The highest BCUT2D eigenvalue weighted by molar-refractivity contribution is 7.99. The van der Waals surface area contributed by atoms with Gasteiger partial charge in [-0.1, -0.05) is 56.6 Å². The number of aliphatic carboxylic acids is 2. The highest BCUT2D eigenvalue weighted by Crippen LogP contribution is 2.39. The van der Waals surface area contributed by atoms with Crippen LogP contribution in [0.2, 0.25) is 5.02 Å². The first kappa shape index (κ1) is 25.5. The first-order valence-electron chi connectivity index (χ1n) is 10.0. The molecule has 1 heterocycles. The minimum Gasteiger partial charge on any atom is -0.473 e. The van der Waals surface area contributed by atoms with E-state index in [1.165, 1.54) is 16.0 Å². The number of carboxylic acids is 2. The van der Waals surface area contributed by atoms with Crippen LogP contribution < -0.4 is 0 Å². The van der Waals surface area contributed by atoms with Gasteiger partial charge in [0.15, 0.2) is 0 Å². The molecule has 1 unspecified atom stereocenters. The lowest BCUT2D eigenvalue weighted by Crippen LogP contribution is -2.10. The Morgan fingerprint density at radius 3 is 2.09 bits per heavy atom. The minimum atomic E-state index is -1.82. The van der Waals surface area contributed by atoms with Crippen molar-refractivity contribution < 1.29 is 19.8 Å². The van der Waals surface area contributed by atoms with E-state index in [1.54, 1.807) is 0 Å². The molecule has 0 aliphatic heterocycles. The summed E-state index contributed by atoms with van der Waals surface area (Å²) in [5, 5.41) is 15.9. The van der Waals surface area contributed by atoms with Gasteiger partial charge in [-0.3, -0.25) is 0 Å². The summed E-state index contributed by atoms with van der Waals surface area (Å²) in [6, 6.07) is 17.2. The van der Waals surface area contributed by atoms with Crippen LogP contribution in [-0.4, -0.2) is 31.7 Å². The van der Waals surface area contributed by atoms with E-state index in [4.69, 9.17) is 31.4 Å². The summed E-state index contributed by atoms with van der Waals surface area (Å²) in [4.78, 5) is 23.6. The van der Waals surface area contributed by atoms with Gasteiger partial charge in [0.05, 0.1) is 6.33 Å². The van der Waals surface area contributed by atoms with E-state index in [0.717, 1.165) is 18.0 Å². The lowest BCUT2D eigenvalue weighted by atomic mass is 9.87. The molecule has 0 aliphatic carbocycles. The Bertz CT molecular complexity index is 986. The van der Waals surface area contributed by atoms with Gasteiger partial charge in [-0.15, -0.1) is 11.8 Å². The van der Waals surface area contributed by atoms with Crippen molar-refractivity contribution in [3.05, 3.63) is 83.4 Å². The van der Waals surface area contributed by atoms with Gasteiger partial charge < -0.3 is 14.8 Å². The van der Waals surface area contributed by atoms with Gasteiger partial charge in [0, 0.05) is 34.1 Å². The second-order valence-electron chi connectivity index (χ2n) is 8.13. The van der Waals surface area contributed by atoms with Crippen molar-refractivity contribution in [2.45, 2.75) is 49.3 Å². The van der Waals surface area contributed by atoms with Crippen LogP contribution in [0.1, 0.15) is 43.6 Å². The van der Waals surface area contributed by atoms with Crippen LogP contribution in [-0.2, 0) is 21.5 Å². The molecule has 0 saturated carbocycles. The molecule has 0 radical (unpaired) electrons. The minimum absolute atomic E-state index is 0.181. The Kier molecular flexibility index (Phi) is 9.35. The van der Waals surface area contributed by atoms with Crippen LogP contribution in [0.4, 0.5) is 0 Å². The molecule has 0 spiro atoms. The second kappa shape index (κ2) is 11.7. The first-order valence-corrected chi connectivity index (χ1v) is 11.3. The van der Waals surface area contributed by atoms with Gasteiger partial charge in [0.1, 0.15) is 0 Å². The Morgan fingerprint density at radius 2 is 1.62 bits per heavy atom. The average molecular weight is 475 g/mol. The summed E-state index contributed by atoms with van der Waals surface area (Å²) in [5.41, 5.74) is 2.85. The summed E-state index contributed by atoms with van der Waals surface area (Å²) < 4.78 is 2.13. The Morgan fingerprint density at radius 1 is 1.03 bits per heavy atom. The molecule has 6 nitrogen and oxygen atoms in total. The summed E-state index contributed by atoms with van der Waals surface area (Å²) >= 11 is 7.99. The molecule has 0 saturated heterocycles. The van der Waals surface area contributed by atoms with Crippen molar-refractivity contribution in [2.75, 3.05) is 0 Å². The van der Waals surface area contributed by atoms with E-state index in [0.29, 0.717) is 5.25 Å². The molecular formula is C24H27ClN2O4S. The molecule has 170 valence electrons. The second-order valence-corrected chi connectivity index (χ2v) is 9.84. The number of nitrogens with zero attached hydrogens (tertiary/aromatic N) is 2. The van der Waals surface area contributed by atoms with Gasteiger partial charge >= 0.3 is 11.9 Å². The normalized spacial score (nSPS) is 11.9. The molecule has 0 aliphatic rings. The smallest absolute Gasteiger partial charge is 0.414 e. The molecule has 8 heteroatoms. The van der Waals surface area contributed by atoms with Gasteiger partial charge in [-0.05, 0) is 47.2 Å². The zero-order valence-electron chi connectivity index (χ0n) is 18.2. The predicted octanol–water partition coefficient (Wildman–Crippen LogP) is 5.91. The third-order valence-electron chi connectivity index (χ3n) is 4.63. The SMILES string of the molecule is CC(C)(C)c1ccc(SC(CCn2ccnc2)c2ccc(Cl)cc2)cc1.O=C(O)C(=O)O. The topological polar surface area (TPSA) is 92.4 Å². The van der Waals surface area contributed by atoms with E-state index in [9.17, 15) is 0 Å². The number of thioether (sulfide) groups is 1. The molecule has 2 N–H and O–H groups in total. The third kappa shape index (κ3) is 8.40. The van der Waals surface area contributed by atoms with Crippen LogP contribution in [0.5, 0.6) is 0 Å². The molecule has 3 rings (SSSR count). The summed E-state index contributed by atoms with van der Waals surface area (Å²) in [5.74, 6) is -3.65. The lowest BCUT2D eigenvalue weighted by Gasteiger charge is -2.21. The van der Waals surface area contributed by atoms with Crippen molar-refractivity contribution >= 4 is 35.3 Å². The van der Waals surface area contributed by atoms with Gasteiger partial charge in [-0.25, -0.2) is 14.6 Å². The number of carbonyl (C=O) groups is 2. The van der Waals surface area contributed by atoms with Crippen LogP contribution >= 0.6 is 23.4 Å². The zero-order valence-corrected chi connectivity index (χ0v) is 19.8. The summed E-state index contributed by atoms with van der Waals surface area (Å²) in [7, 11) is 0. The number of hydrogen-bond donors (Lipinski definition) is 2. The number of imidazole rings is 1. The molecular weight excluding hydrogens is 448 g/mol. The first-order chi connectivity index (χ1) is 15.1. The van der Waals surface area contributed by atoms with Crippen molar-refractivity contribution in [1.29, 1.82) is 0 Å². The fourth-order valence-corrected chi connectivity index (χ4v) is 4.12. The van der Waals surface area contributed by atoms with Crippen molar-refractivity contribution in [3.63, 3.8) is 0 Å². The number of halogens is 1. The fourth-order valence-electron chi connectivity index (χ4n) is 2.85. The van der Waals surface area contributed by atoms with Gasteiger partial charge in [-0.2, -0.15) is 0 Å². The summed E-state index contributed by atoms with van der Waals surface area (Å²) in [6.07, 6.45) is 6.75. The van der Waals surface area contributed by atoms with E-state index in [1.807, 2.05) is 42.6 Å². The van der Waals surface area contributed by atoms with Crippen LogP contribution in [0.15, 0.2) is 72.1 Å². The molecule has 1 atom stereocenters. The number of carboxylic acid groups (broad SMARTS) is 2. The average Bonchev–Trinajstić information content (AvgIpc) is 3.25. The maximum atomic E-state index is 9.10. The fraction of sp³-hybridized carbons (Fsp3) is 0.292. The molecule has 1 aromatic heterocycles. The molecule has 2 aromatic carbocycles. The Hall–Kier alpha value is -2.77. The molecule has 0 amide bonds. The maximum absolute atomic E-state index is 9.10. The molecule has 0 fully saturated rings. The van der Waals surface area contributed by atoms with E-state index < -0.39 is 11.9 Å².